The maximum Gasteiger partial charge on any atom is 0.592 e. The molecule has 5 aliphatic rings. The normalized spacial score (nSPS) is 43.2. The number of fused-ring (bicyclic) bond motifs is 4. The molecule has 3 aliphatic carbocycles. The van der Waals surface area contributed by atoms with Crippen LogP contribution in [0.25, 0.3) is 0 Å². The van der Waals surface area contributed by atoms with E-state index >= 15 is 0 Å². The van der Waals surface area contributed by atoms with Gasteiger partial charge in [-0.3, -0.25) is 9.59 Å². The molecule has 29 heavy (non-hydrogen) atoms. The maximum atomic E-state index is 12.8. The third-order valence-corrected chi connectivity index (χ3v) is 9.99. The number of carbonyl (C=O) groups excluding carboxylic acids is 2. The van der Waals surface area contributed by atoms with Crippen LogP contribution < -0.4 is 0 Å². The summed E-state index contributed by atoms with van der Waals surface area (Å²) in [7, 11) is 0. The lowest BCUT2D eigenvalue weighted by molar-refractivity contribution is -0.852. The van der Waals surface area contributed by atoms with E-state index in [1.807, 2.05) is 18.2 Å². The Hall–Kier alpha value is -1.09. The molecule has 1 aromatic rings. The van der Waals surface area contributed by atoms with Gasteiger partial charge in [0.1, 0.15) is 13.1 Å². The summed E-state index contributed by atoms with van der Waals surface area (Å²) in [5.41, 5.74) is 1.43. The topological polar surface area (TPSA) is 52.6 Å². The van der Waals surface area contributed by atoms with Crippen LogP contribution in [0.15, 0.2) is 30.3 Å². The number of alkyl halides is 1. The fourth-order valence-electron chi connectivity index (χ4n) is 7.45. The van der Waals surface area contributed by atoms with Gasteiger partial charge in [-0.1, -0.05) is 79.3 Å². The summed E-state index contributed by atoms with van der Waals surface area (Å²) < 4.78 is 13.3. The predicted octanol–water partition coefficient (Wildman–Crippen LogP) is 3.68. The molecule has 0 radical (unpaired) electrons. The van der Waals surface area contributed by atoms with Crippen LogP contribution in [0.5, 0.6) is 0 Å². The predicted molar refractivity (Wildman–Crippen MR) is 119 cm³/mol. The van der Waals surface area contributed by atoms with Crippen molar-refractivity contribution < 1.29 is 23.3 Å². The number of nitrogens with zero attached hydrogens (tertiary/aromatic N) is 1. The van der Waals surface area contributed by atoms with Gasteiger partial charge >= 0.3 is 18.6 Å². The molecular formula is C22H29BINO4. The second-order valence-electron chi connectivity index (χ2n) is 10.3. The highest BCUT2D eigenvalue weighted by Crippen LogP contribution is 2.64. The Balaban J connectivity index is 1.62. The number of benzene rings is 1. The first-order valence-corrected chi connectivity index (χ1v) is 12.3. The van der Waals surface area contributed by atoms with Crippen LogP contribution in [0.3, 0.4) is 0 Å². The third kappa shape index (κ3) is 2.49. The Labute approximate surface area is 186 Å². The standard InChI is InChI=1S/C22H29BINO4/c1-14-17-9-16(22(17,2)3)10-19(14)25-12-20(26)28-23(25,29-21(27)13-25)18(11-24)15-7-5-4-6-8-15/h4-8,14,16-19H,9-13H2,1-3H3/t14-,16+,17-,18+,19-,23?,25?/m1/s1. The quantitative estimate of drug-likeness (QED) is 0.353. The average molecular weight is 509 g/mol. The van der Waals surface area contributed by atoms with Gasteiger partial charge in [0.15, 0.2) is 0 Å². The van der Waals surface area contributed by atoms with Gasteiger partial charge in [0.25, 0.3) is 0 Å². The summed E-state index contributed by atoms with van der Waals surface area (Å²) in [5, 5.41) is 0. The zero-order chi connectivity index (χ0) is 20.6. The van der Waals surface area contributed by atoms with Gasteiger partial charge in [0.2, 0.25) is 0 Å². The smallest absolute Gasteiger partial charge is 0.592 e. The van der Waals surface area contributed by atoms with E-state index in [2.05, 4.69) is 55.5 Å². The largest absolute Gasteiger partial charge is 0.600 e. The van der Waals surface area contributed by atoms with E-state index in [9.17, 15) is 9.59 Å². The molecule has 0 aromatic heterocycles. The fraction of sp³-hybridized carbons (Fsp3) is 0.636. The van der Waals surface area contributed by atoms with Crippen molar-refractivity contribution in [1.29, 1.82) is 0 Å². The van der Waals surface area contributed by atoms with E-state index in [-0.39, 0.29) is 36.9 Å². The molecule has 1 aromatic carbocycles. The molecular weight excluding hydrogens is 480 g/mol. The van der Waals surface area contributed by atoms with E-state index in [0.717, 1.165) is 16.4 Å². The van der Waals surface area contributed by atoms with Crippen molar-refractivity contribution >= 4 is 41.2 Å². The van der Waals surface area contributed by atoms with Crippen molar-refractivity contribution in [2.75, 3.05) is 17.5 Å². The van der Waals surface area contributed by atoms with Crippen LogP contribution in [0.2, 0.25) is 0 Å². The Morgan fingerprint density at radius 2 is 1.76 bits per heavy atom. The highest BCUT2D eigenvalue weighted by Gasteiger charge is 2.75. The molecule has 0 amide bonds. The number of halogens is 1. The molecule has 0 spiro atoms. The van der Waals surface area contributed by atoms with Crippen molar-refractivity contribution in [2.24, 2.45) is 23.2 Å². The van der Waals surface area contributed by atoms with E-state index in [4.69, 9.17) is 9.31 Å². The number of rotatable bonds is 4. The van der Waals surface area contributed by atoms with Crippen LogP contribution >= 0.6 is 22.6 Å². The minimum atomic E-state index is -2.12. The summed E-state index contributed by atoms with van der Waals surface area (Å²) in [6.07, 6.45) is 2.31. The Bertz CT molecular complexity index is 840. The van der Waals surface area contributed by atoms with Crippen molar-refractivity contribution in [1.82, 2.24) is 0 Å². The van der Waals surface area contributed by atoms with Crippen LogP contribution in [0, 0.1) is 23.2 Å². The minimum Gasteiger partial charge on any atom is -0.600 e. The van der Waals surface area contributed by atoms with Gasteiger partial charge in [-0.2, -0.15) is 0 Å². The average Bonchev–Trinajstić information content (AvgIpc) is 3.09. The summed E-state index contributed by atoms with van der Waals surface area (Å²) in [6.45, 7) is 5.50. The molecule has 5 fully saturated rings. The molecule has 0 unspecified atom stereocenters. The maximum absolute atomic E-state index is 12.8. The van der Waals surface area contributed by atoms with Gasteiger partial charge in [-0.25, -0.2) is 0 Å². The lowest BCUT2D eigenvalue weighted by Crippen LogP contribution is -2.75. The van der Waals surface area contributed by atoms with E-state index in [1.54, 1.807) is 0 Å². The summed E-state index contributed by atoms with van der Waals surface area (Å²) in [5.74, 6) is 1.17. The van der Waals surface area contributed by atoms with E-state index in [0.29, 0.717) is 27.6 Å². The minimum absolute atomic E-state index is 0.117. The number of carbonyl (C=O) groups is 2. The first-order chi connectivity index (χ1) is 13.7. The van der Waals surface area contributed by atoms with Crippen molar-refractivity contribution in [3.05, 3.63) is 35.9 Å². The molecule has 0 N–H and O–H groups in total. The molecule has 6 rings (SSSR count). The van der Waals surface area contributed by atoms with Gasteiger partial charge in [0, 0.05) is 11.7 Å². The van der Waals surface area contributed by atoms with Gasteiger partial charge in [-0.15, -0.1) is 0 Å². The van der Waals surface area contributed by atoms with E-state index in [1.165, 1.54) is 6.42 Å². The molecule has 156 valence electrons. The molecule has 2 heterocycles. The van der Waals surface area contributed by atoms with Gasteiger partial charge in [-0.05, 0) is 34.5 Å². The van der Waals surface area contributed by atoms with E-state index < -0.39 is 6.69 Å². The second-order valence-corrected chi connectivity index (χ2v) is 11.2. The number of hydrogen-bond donors (Lipinski definition) is 0. The van der Waals surface area contributed by atoms with Crippen LogP contribution in [-0.2, 0) is 18.9 Å². The van der Waals surface area contributed by atoms with Crippen LogP contribution in [0.1, 0.15) is 45.0 Å². The fourth-order valence-corrected chi connectivity index (χ4v) is 8.60. The molecule has 3 saturated carbocycles. The SMILES string of the molecule is C[C@@H]1[C@H]2C[C@@H](C[C@H]1[N+]13CC(=O)O[B-]1([C@@H](CI)c1ccccc1)OC(=O)C3)C2(C)C. The van der Waals surface area contributed by atoms with Gasteiger partial charge < -0.3 is 13.7 Å². The van der Waals surface area contributed by atoms with Gasteiger partial charge in [0.05, 0.1) is 6.04 Å². The summed E-state index contributed by atoms with van der Waals surface area (Å²) >= 11 is 2.35. The Kier molecular flexibility index (Phi) is 4.42. The Morgan fingerprint density at radius 1 is 1.14 bits per heavy atom. The Morgan fingerprint density at radius 3 is 2.28 bits per heavy atom. The zero-order valence-electron chi connectivity index (χ0n) is 17.3. The molecule has 2 saturated heterocycles. The second kappa shape index (κ2) is 6.46. The number of quaternary nitrogens is 1. The van der Waals surface area contributed by atoms with Crippen LogP contribution in [-0.4, -0.2) is 46.6 Å². The summed E-state index contributed by atoms with van der Waals surface area (Å²) in [4.78, 5) is 25.6. The first kappa shape index (κ1) is 19.9. The highest BCUT2D eigenvalue weighted by molar-refractivity contribution is 14.1. The first-order valence-electron chi connectivity index (χ1n) is 10.8. The lowest BCUT2D eigenvalue weighted by atomic mass is 9.42. The molecule has 7 heteroatoms. The van der Waals surface area contributed by atoms with Crippen LogP contribution in [0.4, 0.5) is 0 Å². The monoisotopic (exact) mass is 509 g/mol. The molecule has 5 nitrogen and oxygen atoms in total. The number of hydrogen-bond acceptors (Lipinski definition) is 4. The molecule has 2 aliphatic heterocycles. The molecule has 5 atom stereocenters. The molecule has 2 bridgehead atoms. The van der Waals surface area contributed by atoms with Crippen molar-refractivity contribution in [2.45, 2.75) is 45.5 Å². The van der Waals surface area contributed by atoms with Crippen molar-refractivity contribution in [3.63, 3.8) is 0 Å². The summed E-state index contributed by atoms with van der Waals surface area (Å²) in [6, 6.07) is 10.4. The lowest BCUT2D eigenvalue weighted by Gasteiger charge is -2.66. The van der Waals surface area contributed by atoms with Crippen molar-refractivity contribution in [3.8, 4) is 0 Å². The highest BCUT2D eigenvalue weighted by atomic mass is 127. The zero-order valence-corrected chi connectivity index (χ0v) is 19.5. The third-order valence-electron chi connectivity index (χ3n) is 9.04.